The number of carbonyl (C=O) groups excluding carboxylic acids is 2. The maximum atomic E-state index is 13.0. The van der Waals surface area contributed by atoms with Crippen LogP contribution in [-0.4, -0.2) is 31.3 Å². The number of nitrogens with zero attached hydrogens (tertiary/aromatic N) is 1. The molecule has 11 heteroatoms. The van der Waals surface area contributed by atoms with E-state index < -0.39 is 22.0 Å². The Balaban J connectivity index is 1.52. The second-order valence-electron chi connectivity index (χ2n) is 7.33. The van der Waals surface area contributed by atoms with E-state index in [0.29, 0.717) is 22.9 Å². The lowest BCUT2D eigenvalue weighted by Crippen LogP contribution is -2.44. The summed E-state index contributed by atoms with van der Waals surface area (Å²) >= 11 is 0. The highest BCUT2D eigenvalue weighted by atomic mass is 32.2. The van der Waals surface area contributed by atoms with Crippen LogP contribution >= 0.6 is 0 Å². The number of benzene rings is 2. The molecule has 0 saturated carbocycles. The Morgan fingerprint density at radius 3 is 2.29 bits per heavy atom. The number of halogens is 1. The Kier molecular flexibility index (Phi) is 7.92. The first kappa shape index (κ1) is 24.8. The topological polar surface area (TPSA) is 126 Å². The maximum absolute atomic E-state index is 13.0. The Bertz CT molecular complexity index is 1250. The molecule has 0 radical (unpaired) electrons. The predicted octanol–water partition coefficient (Wildman–Crippen LogP) is 2.95. The van der Waals surface area contributed by atoms with E-state index in [1.54, 1.807) is 12.1 Å². The predicted molar refractivity (Wildman–Crippen MR) is 123 cm³/mol. The first-order valence-electron chi connectivity index (χ1n) is 10.2. The van der Waals surface area contributed by atoms with Gasteiger partial charge in [-0.15, -0.1) is 0 Å². The van der Waals surface area contributed by atoms with Gasteiger partial charge in [-0.2, -0.15) is 4.72 Å². The van der Waals surface area contributed by atoms with Gasteiger partial charge >= 0.3 is 0 Å². The second-order valence-corrected chi connectivity index (χ2v) is 9.04. The van der Waals surface area contributed by atoms with Gasteiger partial charge in [0.05, 0.1) is 10.9 Å². The SMILES string of the molecule is CC(=O)Nc1ccc(S(=O)(=O)N[C@@H](C)C(=O)NCc2ccc(Oc3ccc(F)cc3)nc2)cc1. The maximum Gasteiger partial charge on any atom is 0.241 e. The lowest BCUT2D eigenvalue weighted by molar-refractivity contribution is -0.122. The molecule has 0 aliphatic rings. The van der Waals surface area contributed by atoms with E-state index in [1.807, 2.05) is 0 Å². The lowest BCUT2D eigenvalue weighted by atomic mass is 10.2. The Hall–Kier alpha value is -3.83. The van der Waals surface area contributed by atoms with Crippen LogP contribution < -0.4 is 20.1 Å². The molecule has 0 bridgehead atoms. The molecule has 1 aromatic heterocycles. The molecule has 34 heavy (non-hydrogen) atoms. The van der Waals surface area contributed by atoms with E-state index in [9.17, 15) is 22.4 Å². The highest BCUT2D eigenvalue weighted by Gasteiger charge is 2.22. The number of sulfonamides is 1. The van der Waals surface area contributed by atoms with Crippen molar-refractivity contribution in [3.05, 3.63) is 78.2 Å². The fraction of sp³-hybridized carbons (Fsp3) is 0.174. The number of rotatable bonds is 9. The third kappa shape index (κ3) is 7.09. The summed E-state index contributed by atoms with van der Waals surface area (Å²) in [5.41, 5.74) is 1.13. The number of hydrogen-bond donors (Lipinski definition) is 3. The van der Waals surface area contributed by atoms with Crippen LogP contribution in [0, 0.1) is 5.82 Å². The average molecular weight is 487 g/mol. The summed E-state index contributed by atoms with van der Waals surface area (Å²) in [5, 5.41) is 5.19. The van der Waals surface area contributed by atoms with Gasteiger partial charge < -0.3 is 15.4 Å². The van der Waals surface area contributed by atoms with Gasteiger partial charge in [-0.1, -0.05) is 6.07 Å². The zero-order valence-electron chi connectivity index (χ0n) is 18.4. The van der Waals surface area contributed by atoms with Crippen LogP contribution in [0.2, 0.25) is 0 Å². The highest BCUT2D eigenvalue weighted by Crippen LogP contribution is 2.19. The number of ether oxygens (including phenoxy) is 1. The molecule has 178 valence electrons. The van der Waals surface area contributed by atoms with Crippen LogP contribution in [-0.2, 0) is 26.2 Å². The standard InChI is InChI=1S/C23H23FN4O5S/c1-15(28-34(31,32)21-10-6-19(7-11-21)27-16(2)29)23(30)26-14-17-3-12-22(25-13-17)33-20-8-4-18(24)5-9-20/h3-13,15,28H,14H2,1-2H3,(H,26,30)(H,27,29)/t15-/m0/s1. The molecular formula is C23H23FN4O5S. The van der Waals surface area contributed by atoms with Gasteiger partial charge in [0.2, 0.25) is 27.7 Å². The monoisotopic (exact) mass is 486 g/mol. The molecule has 2 amide bonds. The summed E-state index contributed by atoms with van der Waals surface area (Å²) in [6.07, 6.45) is 1.50. The van der Waals surface area contributed by atoms with Crippen LogP contribution in [0.4, 0.5) is 10.1 Å². The van der Waals surface area contributed by atoms with E-state index in [2.05, 4.69) is 20.3 Å². The first-order chi connectivity index (χ1) is 16.1. The number of hydrogen-bond acceptors (Lipinski definition) is 6. The molecule has 0 spiro atoms. The smallest absolute Gasteiger partial charge is 0.241 e. The van der Waals surface area contributed by atoms with E-state index in [4.69, 9.17) is 4.74 Å². The van der Waals surface area contributed by atoms with E-state index >= 15 is 0 Å². The molecule has 1 atom stereocenters. The van der Waals surface area contributed by atoms with Gasteiger partial charge in [0.15, 0.2) is 0 Å². The molecule has 2 aromatic carbocycles. The molecule has 0 unspecified atom stereocenters. The van der Waals surface area contributed by atoms with Crippen molar-refractivity contribution in [2.24, 2.45) is 0 Å². The molecule has 1 heterocycles. The Morgan fingerprint density at radius 1 is 1.03 bits per heavy atom. The van der Waals surface area contributed by atoms with Crippen molar-refractivity contribution >= 4 is 27.5 Å². The summed E-state index contributed by atoms with van der Waals surface area (Å²) in [5.74, 6) is -0.440. The van der Waals surface area contributed by atoms with Crippen molar-refractivity contribution < 1.29 is 27.1 Å². The minimum Gasteiger partial charge on any atom is -0.439 e. The second kappa shape index (κ2) is 10.9. The molecule has 0 aliphatic heterocycles. The van der Waals surface area contributed by atoms with Crippen molar-refractivity contribution in [2.45, 2.75) is 31.3 Å². The fourth-order valence-corrected chi connectivity index (χ4v) is 4.02. The van der Waals surface area contributed by atoms with Crippen LogP contribution in [0.15, 0.2) is 71.8 Å². The molecule has 3 N–H and O–H groups in total. The number of carbonyl (C=O) groups is 2. The molecular weight excluding hydrogens is 463 g/mol. The Labute approximate surface area is 196 Å². The van der Waals surface area contributed by atoms with Gasteiger partial charge in [-0.05, 0) is 61.0 Å². The van der Waals surface area contributed by atoms with Crippen molar-refractivity contribution in [1.82, 2.24) is 15.0 Å². The minimum atomic E-state index is -3.95. The normalized spacial score (nSPS) is 12.0. The Morgan fingerprint density at radius 2 is 1.71 bits per heavy atom. The molecule has 0 saturated heterocycles. The van der Waals surface area contributed by atoms with Crippen molar-refractivity contribution in [2.75, 3.05) is 5.32 Å². The fourth-order valence-electron chi connectivity index (χ4n) is 2.82. The van der Waals surface area contributed by atoms with Gasteiger partial charge in [-0.25, -0.2) is 17.8 Å². The summed E-state index contributed by atoms with van der Waals surface area (Å²) < 4.78 is 45.9. The van der Waals surface area contributed by atoms with Crippen molar-refractivity contribution in [3.63, 3.8) is 0 Å². The largest absolute Gasteiger partial charge is 0.439 e. The van der Waals surface area contributed by atoms with E-state index in [0.717, 1.165) is 0 Å². The number of amides is 2. The van der Waals surface area contributed by atoms with Crippen molar-refractivity contribution in [3.8, 4) is 11.6 Å². The van der Waals surface area contributed by atoms with Crippen LogP contribution in [0.25, 0.3) is 0 Å². The third-order valence-corrected chi connectivity index (χ3v) is 6.07. The van der Waals surface area contributed by atoms with Crippen LogP contribution in [0.3, 0.4) is 0 Å². The molecule has 0 fully saturated rings. The third-order valence-electron chi connectivity index (χ3n) is 4.51. The van der Waals surface area contributed by atoms with Crippen LogP contribution in [0.1, 0.15) is 19.4 Å². The van der Waals surface area contributed by atoms with E-state index in [1.165, 1.54) is 68.6 Å². The minimum absolute atomic E-state index is 0.0396. The van der Waals surface area contributed by atoms with E-state index in [-0.39, 0.29) is 23.2 Å². The lowest BCUT2D eigenvalue weighted by Gasteiger charge is -2.15. The zero-order valence-corrected chi connectivity index (χ0v) is 19.2. The number of aromatic nitrogens is 1. The molecule has 3 aromatic rings. The van der Waals surface area contributed by atoms with Gasteiger partial charge in [-0.3, -0.25) is 9.59 Å². The summed E-state index contributed by atoms with van der Waals surface area (Å²) in [6.45, 7) is 2.90. The van der Waals surface area contributed by atoms with Crippen molar-refractivity contribution in [1.29, 1.82) is 0 Å². The van der Waals surface area contributed by atoms with Crippen LogP contribution in [0.5, 0.6) is 11.6 Å². The molecule has 9 nitrogen and oxygen atoms in total. The quantitative estimate of drug-likeness (QED) is 0.427. The molecule has 3 rings (SSSR count). The number of pyridine rings is 1. The average Bonchev–Trinajstić information content (AvgIpc) is 2.79. The summed E-state index contributed by atoms with van der Waals surface area (Å²) in [6, 6.07) is 13.3. The summed E-state index contributed by atoms with van der Waals surface area (Å²) in [7, 11) is -3.95. The number of nitrogens with one attached hydrogen (secondary N) is 3. The summed E-state index contributed by atoms with van der Waals surface area (Å²) in [4.78, 5) is 27.5. The first-order valence-corrected chi connectivity index (χ1v) is 11.7. The molecule has 0 aliphatic carbocycles. The zero-order chi connectivity index (χ0) is 24.7. The number of anilines is 1. The van der Waals surface area contributed by atoms with Gasteiger partial charge in [0.1, 0.15) is 11.6 Å². The van der Waals surface area contributed by atoms with Gasteiger partial charge in [0, 0.05) is 31.4 Å². The highest BCUT2D eigenvalue weighted by molar-refractivity contribution is 7.89. The van der Waals surface area contributed by atoms with Gasteiger partial charge in [0.25, 0.3) is 0 Å².